The van der Waals surface area contributed by atoms with Crippen LogP contribution in [0.4, 0.5) is 5.13 Å². The van der Waals surface area contributed by atoms with Gasteiger partial charge in [0.25, 0.3) is 0 Å². The lowest BCUT2D eigenvalue weighted by Gasteiger charge is -2.21. The zero-order valence-corrected chi connectivity index (χ0v) is 10.1. The Balaban J connectivity index is 1.90. The average molecular weight is 240 g/mol. The van der Waals surface area contributed by atoms with Gasteiger partial charge in [0.1, 0.15) is 5.01 Å². The van der Waals surface area contributed by atoms with E-state index in [0.29, 0.717) is 5.13 Å². The third-order valence-electron chi connectivity index (χ3n) is 2.63. The molecule has 88 valence electrons. The predicted molar refractivity (Wildman–Crippen MR) is 63.6 cm³/mol. The molecule has 1 aliphatic heterocycles. The van der Waals surface area contributed by atoms with E-state index in [1.807, 2.05) is 6.92 Å². The Hall–Kier alpha value is -1.01. The van der Waals surface area contributed by atoms with Crippen LogP contribution in [-0.2, 0) is 11.2 Å². The second-order valence-electron chi connectivity index (χ2n) is 3.85. The number of anilines is 1. The van der Waals surface area contributed by atoms with E-state index in [-0.39, 0.29) is 11.9 Å². The molecule has 0 unspecified atom stereocenters. The number of aromatic nitrogens is 2. The van der Waals surface area contributed by atoms with Crippen molar-refractivity contribution in [3.05, 3.63) is 5.01 Å². The lowest BCUT2D eigenvalue weighted by molar-refractivity contribution is -0.118. The summed E-state index contributed by atoms with van der Waals surface area (Å²) in [5.74, 6) is 0.0125. The summed E-state index contributed by atoms with van der Waals surface area (Å²) in [5.41, 5.74) is 0. The van der Waals surface area contributed by atoms with E-state index >= 15 is 0 Å². The molecule has 0 aromatic carbocycles. The van der Waals surface area contributed by atoms with Crippen LogP contribution in [0.1, 0.15) is 31.2 Å². The number of amides is 1. The normalized spacial score (nSPS) is 20.7. The summed E-state index contributed by atoms with van der Waals surface area (Å²) in [6, 6.07) is -0.0669. The van der Waals surface area contributed by atoms with Crippen molar-refractivity contribution in [1.82, 2.24) is 15.5 Å². The van der Waals surface area contributed by atoms with Gasteiger partial charge in [-0.15, -0.1) is 10.2 Å². The molecule has 0 saturated carbocycles. The highest BCUT2D eigenvalue weighted by Gasteiger charge is 2.21. The van der Waals surface area contributed by atoms with Gasteiger partial charge in [-0.3, -0.25) is 10.1 Å². The molecule has 0 aliphatic carbocycles. The second kappa shape index (κ2) is 5.36. The third kappa shape index (κ3) is 2.76. The Labute approximate surface area is 98.7 Å². The number of nitrogens with zero attached hydrogens (tertiary/aromatic N) is 2. The topological polar surface area (TPSA) is 66.9 Å². The van der Waals surface area contributed by atoms with Gasteiger partial charge < -0.3 is 5.32 Å². The van der Waals surface area contributed by atoms with Crippen LogP contribution in [-0.4, -0.2) is 28.7 Å². The Morgan fingerprint density at radius 3 is 3.06 bits per heavy atom. The first kappa shape index (κ1) is 11.5. The summed E-state index contributed by atoms with van der Waals surface area (Å²) in [7, 11) is 0. The largest absolute Gasteiger partial charge is 0.306 e. The van der Waals surface area contributed by atoms with Crippen LogP contribution in [0.15, 0.2) is 0 Å². The van der Waals surface area contributed by atoms with Crippen LogP contribution in [0.5, 0.6) is 0 Å². The predicted octanol–water partition coefficient (Wildman–Crippen LogP) is 1.18. The Morgan fingerprint density at radius 1 is 1.56 bits per heavy atom. The monoisotopic (exact) mass is 240 g/mol. The van der Waals surface area contributed by atoms with Gasteiger partial charge >= 0.3 is 0 Å². The van der Waals surface area contributed by atoms with Gasteiger partial charge in [-0.2, -0.15) is 0 Å². The summed E-state index contributed by atoms with van der Waals surface area (Å²) >= 11 is 1.44. The minimum absolute atomic E-state index is 0.0125. The standard InChI is InChI=1S/C10H16N4OS/c1-2-8-13-14-10(16-8)12-9(15)7-5-3-4-6-11-7/h7,11H,2-6H2,1H3,(H,12,14,15)/t7-/m0/s1. The fourth-order valence-electron chi connectivity index (χ4n) is 1.72. The smallest absolute Gasteiger partial charge is 0.243 e. The lowest BCUT2D eigenvalue weighted by atomic mass is 10.0. The summed E-state index contributed by atoms with van der Waals surface area (Å²) in [6.45, 7) is 2.95. The number of rotatable bonds is 3. The van der Waals surface area contributed by atoms with Gasteiger partial charge in [0.2, 0.25) is 11.0 Å². The number of carbonyl (C=O) groups excluding carboxylic acids is 1. The van der Waals surface area contributed by atoms with E-state index in [9.17, 15) is 4.79 Å². The molecule has 2 heterocycles. The zero-order chi connectivity index (χ0) is 11.4. The quantitative estimate of drug-likeness (QED) is 0.832. The van der Waals surface area contributed by atoms with E-state index in [2.05, 4.69) is 20.8 Å². The fourth-order valence-corrected chi connectivity index (χ4v) is 2.40. The van der Waals surface area contributed by atoms with E-state index in [4.69, 9.17) is 0 Å². The summed E-state index contributed by atoms with van der Waals surface area (Å²) in [5, 5.41) is 15.5. The first-order valence-corrected chi connectivity index (χ1v) is 6.48. The molecular formula is C10H16N4OS. The number of hydrogen-bond acceptors (Lipinski definition) is 5. The van der Waals surface area contributed by atoms with E-state index in [0.717, 1.165) is 37.2 Å². The van der Waals surface area contributed by atoms with Gasteiger partial charge in [-0.25, -0.2) is 0 Å². The van der Waals surface area contributed by atoms with Gasteiger partial charge in [-0.1, -0.05) is 24.7 Å². The lowest BCUT2D eigenvalue weighted by Crippen LogP contribution is -2.43. The van der Waals surface area contributed by atoms with Crippen LogP contribution < -0.4 is 10.6 Å². The van der Waals surface area contributed by atoms with Crippen LogP contribution in [0, 0.1) is 0 Å². The highest BCUT2D eigenvalue weighted by atomic mass is 32.1. The molecule has 2 N–H and O–H groups in total. The van der Waals surface area contributed by atoms with Crippen LogP contribution in [0.25, 0.3) is 0 Å². The number of aryl methyl sites for hydroxylation is 1. The molecular weight excluding hydrogens is 224 g/mol. The first-order chi connectivity index (χ1) is 7.79. The van der Waals surface area contributed by atoms with Crippen molar-refractivity contribution in [2.24, 2.45) is 0 Å². The Morgan fingerprint density at radius 2 is 2.44 bits per heavy atom. The van der Waals surface area contributed by atoms with E-state index < -0.39 is 0 Å². The molecule has 1 saturated heterocycles. The van der Waals surface area contributed by atoms with Crippen molar-refractivity contribution in [3.63, 3.8) is 0 Å². The second-order valence-corrected chi connectivity index (χ2v) is 4.91. The van der Waals surface area contributed by atoms with Crippen molar-refractivity contribution < 1.29 is 4.79 Å². The van der Waals surface area contributed by atoms with Crippen molar-refractivity contribution in [2.75, 3.05) is 11.9 Å². The molecule has 16 heavy (non-hydrogen) atoms. The van der Waals surface area contributed by atoms with E-state index in [1.54, 1.807) is 0 Å². The molecule has 1 fully saturated rings. The Bertz CT molecular complexity index is 359. The number of nitrogens with one attached hydrogen (secondary N) is 2. The zero-order valence-electron chi connectivity index (χ0n) is 9.32. The molecule has 5 nitrogen and oxygen atoms in total. The first-order valence-electron chi connectivity index (χ1n) is 5.66. The molecule has 1 aromatic rings. The maximum Gasteiger partial charge on any atom is 0.243 e. The van der Waals surface area contributed by atoms with Crippen LogP contribution in [0.3, 0.4) is 0 Å². The Kier molecular flexibility index (Phi) is 3.84. The molecule has 6 heteroatoms. The number of hydrogen-bond donors (Lipinski definition) is 2. The fraction of sp³-hybridized carbons (Fsp3) is 0.700. The van der Waals surface area contributed by atoms with Crippen LogP contribution in [0.2, 0.25) is 0 Å². The van der Waals surface area contributed by atoms with Crippen molar-refractivity contribution >= 4 is 22.4 Å². The minimum atomic E-state index is -0.0669. The minimum Gasteiger partial charge on any atom is -0.306 e. The molecule has 1 aliphatic rings. The SMILES string of the molecule is CCc1nnc(NC(=O)[C@@H]2CCCCN2)s1. The molecule has 0 radical (unpaired) electrons. The van der Waals surface area contributed by atoms with Crippen molar-refractivity contribution in [3.8, 4) is 0 Å². The highest BCUT2D eigenvalue weighted by Crippen LogP contribution is 2.16. The highest BCUT2D eigenvalue weighted by molar-refractivity contribution is 7.15. The van der Waals surface area contributed by atoms with Crippen LogP contribution >= 0.6 is 11.3 Å². The van der Waals surface area contributed by atoms with E-state index in [1.165, 1.54) is 11.3 Å². The molecule has 1 atom stereocenters. The molecule has 1 aromatic heterocycles. The van der Waals surface area contributed by atoms with Gasteiger partial charge in [0.15, 0.2) is 0 Å². The molecule has 0 bridgehead atoms. The van der Waals surface area contributed by atoms with Gasteiger partial charge in [-0.05, 0) is 25.8 Å². The molecule has 0 spiro atoms. The summed E-state index contributed by atoms with van der Waals surface area (Å²) in [4.78, 5) is 11.8. The van der Waals surface area contributed by atoms with Gasteiger partial charge in [0.05, 0.1) is 6.04 Å². The van der Waals surface area contributed by atoms with Crippen molar-refractivity contribution in [1.29, 1.82) is 0 Å². The summed E-state index contributed by atoms with van der Waals surface area (Å²) in [6.07, 6.45) is 4.03. The van der Waals surface area contributed by atoms with Crippen molar-refractivity contribution in [2.45, 2.75) is 38.6 Å². The van der Waals surface area contributed by atoms with Gasteiger partial charge in [0, 0.05) is 0 Å². The number of carbonyl (C=O) groups is 1. The summed E-state index contributed by atoms with van der Waals surface area (Å²) < 4.78 is 0. The molecule has 2 rings (SSSR count). The third-order valence-corrected chi connectivity index (χ3v) is 3.61. The average Bonchev–Trinajstić information content (AvgIpc) is 2.78. The number of piperidine rings is 1. The maximum atomic E-state index is 11.8. The maximum absolute atomic E-state index is 11.8. The molecule has 1 amide bonds.